The average molecular weight is 407 g/mol. The van der Waals surface area contributed by atoms with E-state index in [2.05, 4.69) is 5.32 Å². The van der Waals surface area contributed by atoms with Crippen LogP contribution in [0.5, 0.6) is 0 Å². The summed E-state index contributed by atoms with van der Waals surface area (Å²) in [4.78, 5) is 27.6. The number of carbonyl (C=O) groups is 2. The number of amides is 2. The van der Waals surface area contributed by atoms with E-state index in [-0.39, 0.29) is 32.1 Å². The van der Waals surface area contributed by atoms with Gasteiger partial charge in [-0.25, -0.2) is 8.78 Å². The maximum Gasteiger partial charge on any atom is 0.401 e. The third-order valence-corrected chi connectivity index (χ3v) is 4.50. The fourth-order valence-corrected chi connectivity index (χ4v) is 3.02. The summed E-state index contributed by atoms with van der Waals surface area (Å²) in [7, 11) is 0. The molecule has 1 aliphatic heterocycles. The molecule has 1 atom stereocenters. The lowest BCUT2D eigenvalue weighted by molar-refractivity contribution is -0.152. The first kappa shape index (κ1) is 22.1. The van der Waals surface area contributed by atoms with Crippen molar-refractivity contribution in [1.82, 2.24) is 15.1 Å². The summed E-state index contributed by atoms with van der Waals surface area (Å²) < 4.78 is 65.0. The summed E-state index contributed by atoms with van der Waals surface area (Å²) in [5.41, 5.74) is -0.782. The van der Waals surface area contributed by atoms with Crippen LogP contribution >= 0.6 is 0 Å². The minimum atomic E-state index is -4.32. The molecule has 0 aliphatic carbocycles. The molecule has 2 rings (SSSR count). The van der Waals surface area contributed by atoms with E-state index in [1.807, 2.05) is 0 Å². The van der Waals surface area contributed by atoms with Crippen LogP contribution in [0.25, 0.3) is 0 Å². The Morgan fingerprint density at radius 2 is 1.61 bits per heavy atom. The molecule has 1 heterocycles. The largest absolute Gasteiger partial charge is 0.401 e. The van der Waals surface area contributed by atoms with Gasteiger partial charge in [0.1, 0.15) is 23.2 Å². The van der Waals surface area contributed by atoms with Gasteiger partial charge in [0.05, 0.1) is 6.54 Å². The van der Waals surface area contributed by atoms with Crippen molar-refractivity contribution in [3.8, 4) is 0 Å². The lowest BCUT2D eigenvalue weighted by Gasteiger charge is -2.37. The van der Waals surface area contributed by atoms with Gasteiger partial charge in [-0.15, -0.1) is 0 Å². The molecule has 1 aromatic rings. The summed E-state index contributed by atoms with van der Waals surface area (Å²) in [5, 5.41) is 2.36. The molecule has 0 spiro atoms. The van der Waals surface area contributed by atoms with Crippen molar-refractivity contribution >= 4 is 11.8 Å². The first-order chi connectivity index (χ1) is 13.0. The fourth-order valence-electron chi connectivity index (χ4n) is 3.02. The molecule has 1 aromatic carbocycles. The second kappa shape index (κ2) is 8.85. The second-order valence-electron chi connectivity index (χ2n) is 7.01. The normalized spacial score (nSPS) is 16.9. The van der Waals surface area contributed by atoms with Gasteiger partial charge in [-0.3, -0.25) is 14.5 Å². The lowest BCUT2D eigenvalue weighted by Crippen LogP contribution is -2.57. The standard InChI is InChI=1S/C18H22F5N3O2/c1-11(2)15(24-16(27)14-12(19)4-3-5-13(14)20)17(28)26-8-6-25(7-9-26)10-18(21,22)23/h3-5,11,15H,6-10H2,1-2H3,(H,24,27). The monoisotopic (exact) mass is 407 g/mol. The highest BCUT2D eigenvalue weighted by Gasteiger charge is 2.35. The maximum absolute atomic E-state index is 13.8. The Morgan fingerprint density at radius 1 is 1.07 bits per heavy atom. The maximum atomic E-state index is 13.8. The predicted molar refractivity (Wildman–Crippen MR) is 91.5 cm³/mol. The molecule has 1 N–H and O–H groups in total. The number of rotatable bonds is 5. The van der Waals surface area contributed by atoms with Crippen molar-refractivity contribution in [2.75, 3.05) is 32.7 Å². The fraction of sp³-hybridized carbons (Fsp3) is 0.556. The quantitative estimate of drug-likeness (QED) is 0.763. The number of hydrogen-bond donors (Lipinski definition) is 1. The minimum absolute atomic E-state index is 0.0476. The number of nitrogens with zero attached hydrogens (tertiary/aromatic N) is 2. The van der Waals surface area contributed by atoms with Crippen LogP contribution in [-0.2, 0) is 4.79 Å². The highest BCUT2D eigenvalue weighted by Crippen LogP contribution is 2.19. The van der Waals surface area contributed by atoms with E-state index in [9.17, 15) is 31.5 Å². The summed E-state index contributed by atoms with van der Waals surface area (Å²) in [6.07, 6.45) is -4.32. The third kappa shape index (κ3) is 5.63. The van der Waals surface area contributed by atoms with Crippen LogP contribution in [0.2, 0.25) is 0 Å². The van der Waals surface area contributed by atoms with E-state index in [0.717, 1.165) is 18.2 Å². The van der Waals surface area contributed by atoms with Gasteiger partial charge in [-0.05, 0) is 18.1 Å². The molecule has 1 aliphatic rings. The number of piperazine rings is 1. The number of carbonyl (C=O) groups excluding carboxylic acids is 2. The summed E-state index contributed by atoms with van der Waals surface area (Å²) in [6.45, 7) is 2.49. The Balaban J connectivity index is 2.04. The Kier molecular flexibility index (Phi) is 6.97. The second-order valence-corrected chi connectivity index (χ2v) is 7.01. The number of benzene rings is 1. The van der Waals surface area contributed by atoms with Crippen LogP contribution in [-0.4, -0.2) is 66.6 Å². The van der Waals surface area contributed by atoms with Crippen molar-refractivity contribution in [1.29, 1.82) is 0 Å². The number of alkyl halides is 3. The molecule has 1 unspecified atom stereocenters. The van der Waals surface area contributed by atoms with Crippen molar-refractivity contribution in [3.05, 3.63) is 35.4 Å². The first-order valence-corrected chi connectivity index (χ1v) is 8.82. The van der Waals surface area contributed by atoms with E-state index in [4.69, 9.17) is 0 Å². The van der Waals surface area contributed by atoms with Crippen LogP contribution in [0.1, 0.15) is 24.2 Å². The van der Waals surface area contributed by atoms with Gasteiger partial charge in [-0.2, -0.15) is 13.2 Å². The predicted octanol–water partition coefficient (Wildman–Crippen LogP) is 2.43. The zero-order valence-corrected chi connectivity index (χ0v) is 15.5. The molecular weight excluding hydrogens is 385 g/mol. The summed E-state index contributed by atoms with van der Waals surface area (Å²) >= 11 is 0. The van der Waals surface area contributed by atoms with Gasteiger partial charge in [0.25, 0.3) is 5.91 Å². The Morgan fingerprint density at radius 3 is 2.07 bits per heavy atom. The topological polar surface area (TPSA) is 52.7 Å². The van der Waals surface area contributed by atoms with Crippen LogP contribution in [0.15, 0.2) is 18.2 Å². The molecule has 0 saturated carbocycles. The molecule has 10 heteroatoms. The van der Waals surface area contributed by atoms with Gasteiger partial charge >= 0.3 is 6.18 Å². The Hall–Kier alpha value is -2.23. The molecule has 0 aromatic heterocycles. The van der Waals surface area contributed by atoms with Crippen molar-refractivity contribution in [2.24, 2.45) is 5.92 Å². The Labute approximate surface area is 159 Å². The van der Waals surface area contributed by atoms with Gasteiger partial charge in [-0.1, -0.05) is 19.9 Å². The molecule has 5 nitrogen and oxygen atoms in total. The van der Waals surface area contributed by atoms with E-state index in [0.29, 0.717) is 0 Å². The molecule has 2 amide bonds. The Bertz CT molecular complexity index is 695. The molecule has 1 saturated heterocycles. The summed E-state index contributed by atoms with van der Waals surface area (Å²) in [6, 6.07) is 1.93. The van der Waals surface area contributed by atoms with Gasteiger partial charge in [0, 0.05) is 26.2 Å². The molecule has 28 heavy (non-hydrogen) atoms. The summed E-state index contributed by atoms with van der Waals surface area (Å²) in [5.74, 6) is -4.04. The average Bonchev–Trinajstić information content (AvgIpc) is 2.58. The SMILES string of the molecule is CC(C)C(NC(=O)c1c(F)cccc1F)C(=O)N1CCN(CC(F)(F)F)CC1. The highest BCUT2D eigenvalue weighted by atomic mass is 19.4. The van der Waals surface area contributed by atoms with E-state index >= 15 is 0 Å². The lowest BCUT2D eigenvalue weighted by atomic mass is 10.0. The molecule has 0 radical (unpaired) electrons. The van der Waals surface area contributed by atoms with Crippen LogP contribution < -0.4 is 5.32 Å². The molecule has 1 fully saturated rings. The van der Waals surface area contributed by atoms with E-state index in [1.54, 1.807) is 13.8 Å². The minimum Gasteiger partial charge on any atom is -0.340 e. The van der Waals surface area contributed by atoms with Gasteiger partial charge in [0.2, 0.25) is 5.91 Å². The zero-order chi connectivity index (χ0) is 21.1. The van der Waals surface area contributed by atoms with Crippen molar-refractivity contribution < 1.29 is 31.5 Å². The third-order valence-electron chi connectivity index (χ3n) is 4.50. The van der Waals surface area contributed by atoms with Gasteiger partial charge in [0.15, 0.2) is 0 Å². The smallest absolute Gasteiger partial charge is 0.340 e. The van der Waals surface area contributed by atoms with E-state index in [1.165, 1.54) is 9.80 Å². The number of hydrogen-bond acceptors (Lipinski definition) is 3. The van der Waals surface area contributed by atoms with Crippen LogP contribution in [0, 0.1) is 17.6 Å². The molecule has 0 bridgehead atoms. The zero-order valence-electron chi connectivity index (χ0n) is 15.5. The van der Waals surface area contributed by atoms with Crippen LogP contribution in [0.4, 0.5) is 22.0 Å². The van der Waals surface area contributed by atoms with Crippen molar-refractivity contribution in [3.63, 3.8) is 0 Å². The highest BCUT2D eigenvalue weighted by molar-refractivity contribution is 5.98. The van der Waals surface area contributed by atoms with Crippen LogP contribution in [0.3, 0.4) is 0 Å². The van der Waals surface area contributed by atoms with E-state index < -0.39 is 47.8 Å². The number of nitrogens with one attached hydrogen (secondary N) is 1. The van der Waals surface area contributed by atoms with Crippen molar-refractivity contribution in [2.45, 2.75) is 26.1 Å². The molecular formula is C18H22F5N3O2. The number of halogens is 5. The first-order valence-electron chi connectivity index (χ1n) is 8.82. The van der Waals surface area contributed by atoms with Gasteiger partial charge < -0.3 is 10.2 Å². The molecule has 156 valence electrons.